The lowest BCUT2D eigenvalue weighted by Gasteiger charge is -2.46. The summed E-state index contributed by atoms with van der Waals surface area (Å²) in [5, 5.41) is 14.7. The lowest BCUT2D eigenvalue weighted by molar-refractivity contribution is -0.0157. The second-order valence-electron chi connectivity index (χ2n) is 13.3. The number of nitrogens with zero attached hydrogens (tertiary/aromatic N) is 1. The zero-order chi connectivity index (χ0) is 29.8. The zero-order valence-electron chi connectivity index (χ0n) is 27.8. The van der Waals surface area contributed by atoms with Crippen LogP contribution in [0.25, 0.3) is 0 Å². The van der Waals surface area contributed by atoms with Crippen LogP contribution in [-0.4, -0.2) is 56.5 Å². The lowest BCUT2D eigenvalue weighted by atomic mass is 9.80. The van der Waals surface area contributed by atoms with Crippen molar-refractivity contribution < 1.29 is 14.6 Å². The van der Waals surface area contributed by atoms with Crippen molar-refractivity contribution in [2.75, 3.05) is 40.4 Å². The number of aliphatic hydroxyl groups excluding tert-OH is 1. The Bertz CT molecular complexity index is 831. The van der Waals surface area contributed by atoms with Crippen molar-refractivity contribution in [1.82, 2.24) is 10.2 Å². The Kier molecular flexibility index (Phi) is 17.9. The fourth-order valence-electron chi connectivity index (χ4n) is 7.28. The van der Waals surface area contributed by atoms with Gasteiger partial charge in [0.1, 0.15) is 0 Å². The molecule has 0 aromatic heterocycles. The molecule has 3 atom stereocenters. The molecule has 1 fully saturated rings. The van der Waals surface area contributed by atoms with E-state index in [1.165, 1.54) is 127 Å². The minimum atomic E-state index is -0.219. The first-order valence-corrected chi connectivity index (χ1v) is 18.1. The third kappa shape index (κ3) is 12.4. The Morgan fingerprint density at radius 1 is 0.738 bits per heavy atom. The predicted octanol–water partition coefficient (Wildman–Crippen LogP) is 9.01. The van der Waals surface area contributed by atoms with Crippen LogP contribution >= 0.6 is 0 Å². The van der Waals surface area contributed by atoms with E-state index in [9.17, 15) is 5.11 Å². The summed E-state index contributed by atoms with van der Waals surface area (Å²) in [4.78, 5) is 2.60. The van der Waals surface area contributed by atoms with Crippen LogP contribution in [0.15, 0.2) is 12.1 Å². The van der Waals surface area contributed by atoms with Gasteiger partial charge in [0.05, 0.1) is 20.3 Å². The van der Waals surface area contributed by atoms with E-state index in [1.54, 1.807) is 14.2 Å². The maximum atomic E-state index is 11.0. The van der Waals surface area contributed by atoms with E-state index < -0.39 is 0 Å². The number of piperidine rings is 1. The van der Waals surface area contributed by atoms with E-state index in [-0.39, 0.29) is 6.10 Å². The van der Waals surface area contributed by atoms with E-state index in [1.807, 2.05) is 0 Å². The molecule has 2 aliphatic heterocycles. The number of hydrogen-bond donors (Lipinski definition) is 2. The number of benzene rings is 1. The number of ether oxygens (including phenoxy) is 2. The molecule has 0 amide bonds. The summed E-state index contributed by atoms with van der Waals surface area (Å²) in [5.41, 5.74) is 2.66. The number of aliphatic hydroxyl groups is 1. The topological polar surface area (TPSA) is 54.0 Å². The van der Waals surface area contributed by atoms with Crippen molar-refractivity contribution >= 4 is 0 Å². The van der Waals surface area contributed by atoms with E-state index in [4.69, 9.17) is 9.47 Å². The summed E-state index contributed by atoms with van der Waals surface area (Å²) < 4.78 is 11.1. The number of unbranched alkanes of at least 4 members (excludes halogenated alkanes) is 16. The molecule has 1 aromatic rings. The van der Waals surface area contributed by atoms with Gasteiger partial charge in [0, 0.05) is 19.1 Å². The maximum Gasteiger partial charge on any atom is 0.161 e. The molecule has 0 unspecified atom stereocenters. The van der Waals surface area contributed by atoms with Gasteiger partial charge in [0.25, 0.3) is 0 Å². The van der Waals surface area contributed by atoms with Crippen molar-refractivity contribution in [1.29, 1.82) is 0 Å². The van der Waals surface area contributed by atoms with Crippen LogP contribution in [0.4, 0.5) is 0 Å². The van der Waals surface area contributed by atoms with Gasteiger partial charge in [-0.2, -0.15) is 0 Å². The molecule has 0 saturated carbocycles. The number of nitrogens with one attached hydrogen (secondary N) is 1. The maximum absolute atomic E-state index is 11.0. The quantitative estimate of drug-likeness (QED) is 0.118. The van der Waals surface area contributed by atoms with Crippen LogP contribution in [0.3, 0.4) is 0 Å². The lowest BCUT2D eigenvalue weighted by Crippen LogP contribution is -2.48. The fraction of sp³-hybridized carbons (Fsp3) is 0.838. The molecule has 5 heteroatoms. The van der Waals surface area contributed by atoms with Crippen LogP contribution in [-0.2, 0) is 6.42 Å². The Labute approximate surface area is 259 Å². The second kappa shape index (κ2) is 21.4. The Morgan fingerprint density at radius 2 is 1.26 bits per heavy atom. The van der Waals surface area contributed by atoms with E-state index in [2.05, 4.69) is 29.3 Å². The highest BCUT2D eigenvalue weighted by molar-refractivity contribution is 5.49. The monoisotopic (exact) mass is 587 g/mol. The van der Waals surface area contributed by atoms with E-state index >= 15 is 0 Å². The largest absolute Gasteiger partial charge is 0.493 e. The molecule has 1 saturated heterocycles. The van der Waals surface area contributed by atoms with Gasteiger partial charge >= 0.3 is 0 Å². The summed E-state index contributed by atoms with van der Waals surface area (Å²) in [6, 6.07) is 4.57. The molecule has 0 radical (unpaired) electrons. The molecule has 2 heterocycles. The van der Waals surface area contributed by atoms with Crippen molar-refractivity contribution in [3.05, 3.63) is 23.3 Å². The molecule has 2 aliphatic rings. The minimum Gasteiger partial charge on any atom is -0.493 e. The van der Waals surface area contributed by atoms with Crippen molar-refractivity contribution in [3.63, 3.8) is 0 Å². The molecule has 0 bridgehead atoms. The molecular formula is C37H66N2O3. The van der Waals surface area contributed by atoms with Crippen LogP contribution < -0.4 is 14.8 Å². The van der Waals surface area contributed by atoms with Gasteiger partial charge in [-0.1, -0.05) is 110 Å². The van der Waals surface area contributed by atoms with E-state index in [0.717, 1.165) is 56.9 Å². The highest BCUT2D eigenvalue weighted by atomic mass is 16.5. The average Bonchev–Trinajstić information content (AvgIpc) is 3.01. The fourth-order valence-corrected chi connectivity index (χ4v) is 7.28. The van der Waals surface area contributed by atoms with Crippen LogP contribution in [0.5, 0.6) is 11.5 Å². The normalized spacial score (nSPS) is 20.3. The van der Waals surface area contributed by atoms with Gasteiger partial charge < -0.3 is 19.9 Å². The van der Waals surface area contributed by atoms with Gasteiger partial charge in [-0.15, -0.1) is 0 Å². The minimum absolute atomic E-state index is 0.219. The molecule has 0 aliphatic carbocycles. The van der Waals surface area contributed by atoms with Gasteiger partial charge in [0.15, 0.2) is 11.5 Å². The number of methoxy groups -OCH3 is 2. The van der Waals surface area contributed by atoms with Crippen molar-refractivity contribution in [3.8, 4) is 11.5 Å². The summed E-state index contributed by atoms with van der Waals surface area (Å²) in [6.45, 7) is 6.64. The van der Waals surface area contributed by atoms with Gasteiger partial charge in [-0.3, -0.25) is 4.90 Å². The SMILES string of the molecule is CCCCCCCCCCCCCCCCCCNCCCC[C@@H]1CN2CCc3cc(OC)c(OC)cc3[C@H]2C[C@H]1O. The molecule has 5 nitrogen and oxygen atoms in total. The van der Waals surface area contributed by atoms with Gasteiger partial charge in [-0.25, -0.2) is 0 Å². The molecule has 1 aromatic carbocycles. The van der Waals surface area contributed by atoms with Crippen LogP contribution in [0, 0.1) is 5.92 Å². The first-order valence-electron chi connectivity index (χ1n) is 18.1. The summed E-state index contributed by atoms with van der Waals surface area (Å²) in [7, 11) is 3.40. The summed E-state index contributed by atoms with van der Waals surface area (Å²) in [5.74, 6) is 1.99. The Balaban J connectivity index is 1.13. The van der Waals surface area contributed by atoms with E-state index in [0.29, 0.717) is 12.0 Å². The number of fused-ring (bicyclic) bond motifs is 3. The number of hydrogen-bond acceptors (Lipinski definition) is 5. The molecular weight excluding hydrogens is 520 g/mol. The molecule has 2 N–H and O–H groups in total. The first kappa shape index (κ1) is 35.2. The first-order chi connectivity index (χ1) is 20.7. The summed E-state index contributed by atoms with van der Waals surface area (Å²) in [6.07, 6.45) is 28.0. The second-order valence-corrected chi connectivity index (χ2v) is 13.3. The molecule has 42 heavy (non-hydrogen) atoms. The van der Waals surface area contributed by atoms with Crippen LogP contribution in [0.1, 0.15) is 153 Å². The predicted molar refractivity (Wildman–Crippen MR) is 178 cm³/mol. The number of rotatable bonds is 24. The van der Waals surface area contributed by atoms with Crippen molar-refractivity contribution in [2.24, 2.45) is 5.92 Å². The third-order valence-corrected chi connectivity index (χ3v) is 9.98. The summed E-state index contributed by atoms with van der Waals surface area (Å²) >= 11 is 0. The van der Waals surface area contributed by atoms with Gasteiger partial charge in [-0.05, 0) is 74.4 Å². The average molecular weight is 587 g/mol. The molecule has 3 rings (SSSR count). The van der Waals surface area contributed by atoms with Crippen LogP contribution in [0.2, 0.25) is 0 Å². The smallest absolute Gasteiger partial charge is 0.161 e. The standard InChI is InChI=1S/C37H66N2O3/c1-4-5-6-7-8-9-10-11-12-13-14-15-16-17-18-20-24-38-25-21-19-22-32-30-39-26-23-31-27-36(41-2)37(42-3)28-33(31)34(39)29-35(32)40/h27-28,32,34-35,38,40H,4-26,29-30H2,1-3H3/t32-,34-,35-/m1/s1. The van der Waals surface area contributed by atoms with Gasteiger partial charge in [0.2, 0.25) is 0 Å². The Hall–Kier alpha value is -1.30. The Morgan fingerprint density at radius 3 is 1.83 bits per heavy atom. The highest BCUT2D eigenvalue weighted by Crippen LogP contribution is 2.43. The molecule has 242 valence electrons. The molecule has 0 spiro atoms. The third-order valence-electron chi connectivity index (χ3n) is 9.98. The zero-order valence-corrected chi connectivity index (χ0v) is 27.8. The van der Waals surface area contributed by atoms with Crippen molar-refractivity contribution in [2.45, 2.75) is 154 Å². The highest BCUT2D eigenvalue weighted by Gasteiger charge is 2.38.